The number of amides is 1. The van der Waals surface area contributed by atoms with Gasteiger partial charge >= 0.3 is 6.09 Å². The molecule has 1 unspecified atom stereocenters. The topological polar surface area (TPSA) is 44.8 Å². The van der Waals surface area contributed by atoms with Crippen LogP contribution in [0, 0.1) is 0 Å². The van der Waals surface area contributed by atoms with Crippen LogP contribution in [0.1, 0.15) is 32.4 Å². The summed E-state index contributed by atoms with van der Waals surface area (Å²) in [5.41, 5.74) is 1.81. The van der Waals surface area contributed by atoms with Crippen molar-refractivity contribution in [3.63, 3.8) is 0 Å². The van der Waals surface area contributed by atoms with Gasteiger partial charge in [-0.15, -0.1) is 0 Å². The first-order chi connectivity index (χ1) is 10.3. The number of ether oxygens (including phenoxy) is 1. The predicted octanol–water partition coefficient (Wildman–Crippen LogP) is 2.63. The maximum atomic E-state index is 12.4. The van der Waals surface area contributed by atoms with Crippen LogP contribution in [-0.4, -0.2) is 50.3 Å². The Balaban J connectivity index is 2.17. The van der Waals surface area contributed by atoms with Crippen molar-refractivity contribution in [2.75, 3.05) is 38.6 Å². The van der Waals surface area contributed by atoms with Gasteiger partial charge in [0.15, 0.2) is 0 Å². The molecule has 1 fully saturated rings. The number of carbonyl (C=O) groups excluding carboxylic acids is 1. The zero-order valence-electron chi connectivity index (χ0n) is 14.2. The summed E-state index contributed by atoms with van der Waals surface area (Å²) in [5.74, 6) is 0. The Morgan fingerprint density at radius 1 is 1.27 bits per heavy atom. The maximum absolute atomic E-state index is 12.4. The third kappa shape index (κ3) is 4.13. The Labute approximate surface area is 133 Å². The number of carbonyl (C=O) groups is 1. The summed E-state index contributed by atoms with van der Waals surface area (Å²) in [6, 6.07) is 8.35. The summed E-state index contributed by atoms with van der Waals surface area (Å²) < 4.78 is 5.54. The molecule has 0 radical (unpaired) electrons. The van der Waals surface area contributed by atoms with Crippen molar-refractivity contribution < 1.29 is 9.53 Å². The lowest BCUT2D eigenvalue weighted by Crippen LogP contribution is -2.50. The maximum Gasteiger partial charge on any atom is 0.410 e. The average Bonchev–Trinajstić information content (AvgIpc) is 2.45. The summed E-state index contributed by atoms with van der Waals surface area (Å²) in [7, 11) is 4.04. The number of benzene rings is 1. The molecule has 5 nitrogen and oxygen atoms in total. The minimum Gasteiger partial charge on any atom is -0.444 e. The van der Waals surface area contributed by atoms with Crippen molar-refractivity contribution in [1.82, 2.24) is 10.2 Å². The van der Waals surface area contributed by atoms with E-state index in [9.17, 15) is 4.79 Å². The van der Waals surface area contributed by atoms with Crippen molar-refractivity contribution in [2.24, 2.45) is 0 Å². The minimum absolute atomic E-state index is 0.0137. The largest absolute Gasteiger partial charge is 0.444 e. The van der Waals surface area contributed by atoms with Gasteiger partial charge in [-0.3, -0.25) is 4.90 Å². The molecule has 1 N–H and O–H groups in total. The van der Waals surface area contributed by atoms with Crippen LogP contribution in [0.25, 0.3) is 0 Å². The van der Waals surface area contributed by atoms with Crippen LogP contribution in [0.15, 0.2) is 24.3 Å². The van der Waals surface area contributed by atoms with Gasteiger partial charge in [0.05, 0.1) is 6.04 Å². The van der Waals surface area contributed by atoms with E-state index in [4.69, 9.17) is 4.74 Å². The number of hydrogen-bond donors (Lipinski definition) is 1. The Morgan fingerprint density at radius 3 is 2.45 bits per heavy atom. The van der Waals surface area contributed by atoms with Gasteiger partial charge in [0.2, 0.25) is 0 Å². The second-order valence-electron chi connectivity index (χ2n) is 6.88. The Hall–Kier alpha value is -1.75. The van der Waals surface area contributed by atoms with Gasteiger partial charge < -0.3 is 15.0 Å². The van der Waals surface area contributed by atoms with Gasteiger partial charge in [-0.2, -0.15) is 0 Å². The number of piperazine rings is 1. The molecule has 1 atom stereocenters. The summed E-state index contributed by atoms with van der Waals surface area (Å²) in [4.78, 5) is 16.3. The lowest BCUT2D eigenvalue weighted by atomic mass is 10.0. The molecular formula is C17H27N3O2. The Kier molecular flexibility index (Phi) is 4.96. The number of hydrogen-bond acceptors (Lipinski definition) is 4. The molecule has 1 aliphatic rings. The molecule has 1 saturated heterocycles. The fourth-order valence-corrected chi connectivity index (χ4v) is 2.54. The van der Waals surface area contributed by atoms with E-state index in [-0.39, 0.29) is 12.1 Å². The Morgan fingerprint density at radius 2 is 1.91 bits per heavy atom. The smallest absolute Gasteiger partial charge is 0.410 e. The van der Waals surface area contributed by atoms with E-state index in [1.807, 2.05) is 39.8 Å². The molecule has 1 aliphatic heterocycles. The van der Waals surface area contributed by atoms with Gasteiger partial charge in [-0.05, 0) is 38.5 Å². The van der Waals surface area contributed by atoms with Crippen LogP contribution in [-0.2, 0) is 4.74 Å². The molecule has 1 aromatic carbocycles. The molecule has 5 heteroatoms. The van der Waals surface area contributed by atoms with Crippen LogP contribution in [0.2, 0.25) is 0 Å². The first-order valence-electron chi connectivity index (χ1n) is 7.75. The van der Waals surface area contributed by atoms with Crippen molar-refractivity contribution in [3.8, 4) is 0 Å². The molecule has 0 aromatic heterocycles. The van der Waals surface area contributed by atoms with Crippen molar-refractivity contribution in [3.05, 3.63) is 29.8 Å². The highest BCUT2D eigenvalue weighted by atomic mass is 16.6. The Bertz CT molecular complexity index is 506. The fraction of sp³-hybridized carbons (Fsp3) is 0.588. The van der Waals surface area contributed by atoms with E-state index in [1.54, 1.807) is 0 Å². The van der Waals surface area contributed by atoms with Crippen molar-refractivity contribution >= 4 is 11.8 Å². The van der Waals surface area contributed by atoms with E-state index in [1.165, 1.54) is 0 Å². The summed E-state index contributed by atoms with van der Waals surface area (Å²) in [5, 5.41) is 3.36. The zero-order valence-corrected chi connectivity index (χ0v) is 14.2. The zero-order chi connectivity index (χ0) is 16.3. The molecule has 0 bridgehead atoms. The number of nitrogens with zero attached hydrogens (tertiary/aromatic N) is 2. The normalized spacial score (nSPS) is 19.0. The van der Waals surface area contributed by atoms with Gasteiger partial charge in [0, 0.05) is 39.4 Å². The summed E-state index contributed by atoms with van der Waals surface area (Å²) in [6.45, 7) is 7.90. The van der Waals surface area contributed by atoms with Crippen LogP contribution in [0.4, 0.5) is 10.5 Å². The highest BCUT2D eigenvalue weighted by molar-refractivity contribution is 5.69. The van der Waals surface area contributed by atoms with E-state index in [0.717, 1.165) is 24.3 Å². The number of rotatable bonds is 2. The molecule has 0 spiro atoms. The fourth-order valence-electron chi connectivity index (χ4n) is 2.54. The molecule has 22 heavy (non-hydrogen) atoms. The average molecular weight is 305 g/mol. The lowest BCUT2D eigenvalue weighted by Gasteiger charge is -2.37. The number of anilines is 1. The van der Waals surface area contributed by atoms with Gasteiger partial charge in [-0.1, -0.05) is 12.1 Å². The lowest BCUT2D eigenvalue weighted by molar-refractivity contribution is 0.0118. The van der Waals surface area contributed by atoms with E-state index < -0.39 is 5.60 Å². The molecule has 1 amide bonds. The molecule has 1 heterocycles. The highest BCUT2D eigenvalue weighted by Gasteiger charge is 2.31. The number of nitrogens with one attached hydrogen (secondary N) is 1. The SMILES string of the molecule is CN(C)c1ccc(C2CNCCN2C(=O)OC(C)(C)C)cc1. The molecule has 2 rings (SSSR count). The van der Waals surface area contributed by atoms with Crippen LogP contribution >= 0.6 is 0 Å². The van der Waals surface area contributed by atoms with Crippen molar-refractivity contribution in [2.45, 2.75) is 32.4 Å². The third-order valence-corrected chi connectivity index (χ3v) is 3.67. The van der Waals surface area contributed by atoms with Gasteiger partial charge in [-0.25, -0.2) is 4.79 Å². The third-order valence-electron chi connectivity index (χ3n) is 3.67. The van der Waals surface area contributed by atoms with E-state index in [0.29, 0.717) is 6.54 Å². The summed E-state index contributed by atoms with van der Waals surface area (Å²) >= 11 is 0. The van der Waals surface area contributed by atoms with Crippen LogP contribution < -0.4 is 10.2 Å². The molecule has 122 valence electrons. The van der Waals surface area contributed by atoms with Gasteiger partial charge in [0.1, 0.15) is 5.60 Å². The molecule has 1 aromatic rings. The van der Waals surface area contributed by atoms with E-state index in [2.05, 4.69) is 34.5 Å². The molecular weight excluding hydrogens is 278 g/mol. The second kappa shape index (κ2) is 6.57. The van der Waals surface area contributed by atoms with Gasteiger partial charge in [0.25, 0.3) is 0 Å². The molecule has 0 aliphatic carbocycles. The summed E-state index contributed by atoms with van der Waals surface area (Å²) in [6.07, 6.45) is -0.240. The second-order valence-corrected chi connectivity index (χ2v) is 6.88. The van der Waals surface area contributed by atoms with E-state index >= 15 is 0 Å². The first-order valence-corrected chi connectivity index (χ1v) is 7.75. The molecule has 0 saturated carbocycles. The van der Waals surface area contributed by atoms with Crippen LogP contribution in [0.5, 0.6) is 0 Å². The van der Waals surface area contributed by atoms with Crippen molar-refractivity contribution in [1.29, 1.82) is 0 Å². The monoisotopic (exact) mass is 305 g/mol. The van der Waals surface area contributed by atoms with Crippen LogP contribution in [0.3, 0.4) is 0 Å². The minimum atomic E-state index is -0.471. The highest BCUT2D eigenvalue weighted by Crippen LogP contribution is 2.26. The standard InChI is InChI=1S/C17H27N3O2/c1-17(2,3)22-16(21)20-11-10-18-12-15(20)13-6-8-14(9-7-13)19(4)5/h6-9,15,18H,10-12H2,1-5H3. The predicted molar refractivity (Wildman–Crippen MR) is 89.3 cm³/mol. The first kappa shape index (κ1) is 16.6. The quantitative estimate of drug-likeness (QED) is 0.912.